The molecule has 0 spiro atoms. The van der Waals surface area contributed by atoms with Gasteiger partial charge in [-0.2, -0.15) is 0 Å². The number of hydrogen-bond acceptors (Lipinski definition) is 4. The zero-order valence-electron chi connectivity index (χ0n) is 12.1. The van der Waals surface area contributed by atoms with Gasteiger partial charge in [0.1, 0.15) is 0 Å². The average Bonchev–Trinajstić information content (AvgIpc) is 2.49. The summed E-state index contributed by atoms with van der Waals surface area (Å²) in [5.74, 6) is -0.154. The molecule has 0 aromatic carbocycles. The van der Waals surface area contributed by atoms with E-state index in [-0.39, 0.29) is 17.1 Å². The van der Waals surface area contributed by atoms with Crippen molar-refractivity contribution in [2.75, 3.05) is 0 Å². The summed E-state index contributed by atoms with van der Waals surface area (Å²) in [6, 6.07) is 5.72. The van der Waals surface area contributed by atoms with E-state index in [4.69, 9.17) is 9.31 Å². The van der Waals surface area contributed by atoms with Crippen LogP contribution in [0.1, 0.15) is 34.6 Å². The molecule has 0 atom stereocenters. The zero-order valence-corrected chi connectivity index (χ0v) is 12.1. The molecule has 104 valence electrons. The number of nitrogens with one attached hydrogen (secondary N) is 1. The van der Waals surface area contributed by atoms with E-state index in [1.54, 1.807) is 12.4 Å². The molecule has 1 aromatic rings. The van der Waals surface area contributed by atoms with E-state index in [0.717, 1.165) is 0 Å². The molecule has 1 aliphatic rings. The molecular formula is C13H21BN2O3. The average molecular weight is 264 g/mol. The van der Waals surface area contributed by atoms with Crippen molar-refractivity contribution < 1.29 is 14.1 Å². The van der Waals surface area contributed by atoms with Crippen molar-refractivity contribution in [1.29, 1.82) is 0 Å². The fourth-order valence-electron chi connectivity index (χ4n) is 1.38. The predicted molar refractivity (Wildman–Crippen MR) is 74.1 cm³/mol. The molecule has 0 saturated carbocycles. The van der Waals surface area contributed by atoms with Crippen LogP contribution in [0.25, 0.3) is 0 Å². The summed E-state index contributed by atoms with van der Waals surface area (Å²) >= 11 is 0. The highest BCUT2D eigenvalue weighted by atomic mass is 16.7. The second-order valence-corrected chi connectivity index (χ2v) is 5.31. The number of amides is 1. The first kappa shape index (κ1) is 15.7. The second kappa shape index (κ2) is 6.17. The summed E-state index contributed by atoms with van der Waals surface area (Å²) in [7, 11) is -0.623. The zero-order chi connectivity index (χ0) is 14.5. The maximum absolute atomic E-state index is 10.8. The van der Waals surface area contributed by atoms with Crippen LogP contribution in [-0.2, 0) is 14.1 Å². The van der Waals surface area contributed by atoms with Gasteiger partial charge in [0.05, 0.1) is 11.2 Å². The Bertz CT molecular complexity index is 367. The number of pyridine rings is 1. The number of rotatable bonds is 1. The molecule has 6 heteroatoms. The van der Waals surface area contributed by atoms with E-state index in [9.17, 15) is 4.79 Å². The van der Waals surface area contributed by atoms with Crippen molar-refractivity contribution in [3.8, 4) is 0 Å². The fourth-order valence-corrected chi connectivity index (χ4v) is 1.38. The highest BCUT2D eigenvalue weighted by Gasteiger charge is 2.52. The second-order valence-electron chi connectivity index (χ2n) is 5.31. The molecule has 0 bridgehead atoms. The van der Waals surface area contributed by atoms with E-state index in [1.807, 2.05) is 45.9 Å². The molecule has 0 unspecified atom stereocenters. The van der Waals surface area contributed by atoms with Gasteiger partial charge in [0, 0.05) is 19.3 Å². The smallest absolute Gasteiger partial charge is 0.384 e. The minimum atomic E-state index is -0.623. The maximum atomic E-state index is 10.8. The highest BCUT2D eigenvalue weighted by Crippen LogP contribution is 2.35. The summed E-state index contributed by atoms with van der Waals surface area (Å²) in [5.41, 5.74) is -0.778. The molecule has 2 heterocycles. The minimum absolute atomic E-state index is 0.154. The Morgan fingerprint density at radius 3 is 1.79 bits per heavy atom. The fraction of sp³-hybridized carbons (Fsp3) is 0.538. The third kappa shape index (κ3) is 4.65. The molecule has 1 aliphatic heterocycles. The van der Waals surface area contributed by atoms with Crippen molar-refractivity contribution in [2.24, 2.45) is 0 Å². The normalized spacial score (nSPS) is 19.3. The number of nitrogens with zero attached hydrogens (tertiary/aromatic N) is 1. The van der Waals surface area contributed by atoms with Gasteiger partial charge in [-0.3, -0.25) is 9.78 Å². The lowest BCUT2D eigenvalue weighted by Gasteiger charge is -2.32. The first-order valence-corrected chi connectivity index (χ1v) is 6.22. The van der Waals surface area contributed by atoms with E-state index in [0.29, 0.717) is 0 Å². The Kier molecular flexibility index (Phi) is 5.08. The maximum Gasteiger partial charge on any atom is 0.593 e. The van der Waals surface area contributed by atoms with E-state index >= 15 is 0 Å². The first-order chi connectivity index (χ1) is 8.74. The summed E-state index contributed by atoms with van der Waals surface area (Å²) in [5, 5.41) is 2.57. The van der Waals surface area contributed by atoms with Crippen LogP contribution >= 0.6 is 0 Å². The summed E-state index contributed by atoms with van der Waals surface area (Å²) < 4.78 is 11.0. The number of carbonyl (C=O) groups is 1. The Balaban J connectivity index is 0.000000250. The molecule has 1 aromatic heterocycles. The van der Waals surface area contributed by atoms with Crippen molar-refractivity contribution in [3.05, 3.63) is 30.6 Å². The van der Waals surface area contributed by atoms with Crippen LogP contribution in [0.15, 0.2) is 30.6 Å². The van der Waals surface area contributed by atoms with Gasteiger partial charge in [-0.1, -0.05) is 6.07 Å². The minimum Gasteiger partial charge on any atom is -0.384 e. The van der Waals surface area contributed by atoms with Gasteiger partial charge in [-0.05, 0) is 39.8 Å². The third-order valence-electron chi connectivity index (χ3n) is 3.14. The largest absolute Gasteiger partial charge is 0.593 e. The lowest BCUT2D eigenvalue weighted by molar-refractivity contribution is -0.117. The summed E-state index contributed by atoms with van der Waals surface area (Å²) in [6.07, 6.45) is 3.50. The molecule has 5 nitrogen and oxygen atoms in total. The Morgan fingerprint density at radius 1 is 1.05 bits per heavy atom. The Morgan fingerprint density at radius 2 is 1.53 bits per heavy atom. The molecule has 2 rings (SSSR count). The van der Waals surface area contributed by atoms with Crippen LogP contribution in [0.4, 0.5) is 0 Å². The molecular weight excluding hydrogens is 243 g/mol. The van der Waals surface area contributed by atoms with E-state index < -0.39 is 7.25 Å². The molecule has 1 saturated heterocycles. The van der Waals surface area contributed by atoms with Gasteiger partial charge >= 0.3 is 7.25 Å². The van der Waals surface area contributed by atoms with Crippen molar-refractivity contribution in [2.45, 2.75) is 45.8 Å². The standard InChI is InChI=1S/C8H16BNO3.C5H5N/c1-6(11)10-9-12-7(2,3)8(4,5)13-9;1-2-4-6-5-3-1/h1-5H3,(H,10,11);1-5H. The van der Waals surface area contributed by atoms with E-state index in [1.165, 1.54) is 6.92 Å². The Hall–Kier alpha value is -1.40. The van der Waals surface area contributed by atoms with Gasteiger partial charge in [0.15, 0.2) is 0 Å². The van der Waals surface area contributed by atoms with E-state index in [2.05, 4.69) is 10.2 Å². The number of carbonyl (C=O) groups excluding carboxylic acids is 1. The van der Waals surface area contributed by atoms with Gasteiger partial charge in [0.2, 0.25) is 5.91 Å². The first-order valence-electron chi connectivity index (χ1n) is 6.22. The number of hydrogen-bond donors (Lipinski definition) is 1. The molecule has 0 aliphatic carbocycles. The van der Waals surface area contributed by atoms with Crippen LogP contribution in [0.2, 0.25) is 0 Å². The van der Waals surface area contributed by atoms with Gasteiger partial charge in [-0.15, -0.1) is 0 Å². The molecule has 1 fully saturated rings. The monoisotopic (exact) mass is 264 g/mol. The van der Waals surface area contributed by atoms with Crippen molar-refractivity contribution >= 4 is 13.2 Å². The SMILES string of the molecule is CC(=O)NB1OC(C)(C)C(C)(C)O1.c1ccncc1. The quantitative estimate of drug-likeness (QED) is 0.785. The van der Waals surface area contributed by atoms with Crippen LogP contribution < -0.4 is 5.23 Å². The van der Waals surface area contributed by atoms with Gasteiger partial charge in [0.25, 0.3) is 0 Å². The topological polar surface area (TPSA) is 60.5 Å². The molecule has 0 radical (unpaired) electrons. The summed E-state index contributed by atoms with van der Waals surface area (Å²) in [4.78, 5) is 14.5. The summed E-state index contributed by atoms with van der Waals surface area (Å²) in [6.45, 7) is 9.19. The number of aromatic nitrogens is 1. The molecule has 1 amide bonds. The molecule has 1 N–H and O–H groups in total. The highest BCUT2D eigenvalue weighted by molar-refractivity contribution is 6.46. The third-order valence-corrected chi connectivity index (χ3v) is 3.14. The van der Waals surface area contributed by atoms with Crippen molar-refractivity contribution in [1.82, 2.24) is 10.2 Å². The molecule has 19 heavy (non-hydrogen) atoms. The Labute approximate surface area is 114 Å². The lowest BCUT2D eigenvalue weighted by Crippen LogP contribution is -2.41. The van der Waals surface area contributed by atoms with Crippen LogP contribution in [0.3, 0.4) is 0 Å². The van der Waals surface area contributed by atoms with Crippen molar-refractivity contribution in [3.63, 3.8) is 0 Å². The van der Waals surface area contributed by atoms with Crippen LogP contribution in [-0.4, -0.2) is 29.3 Å². The van der Waals surface area contributed by atoms with Gasteiger partial charge in [-0.25, -0.2) is 0 Å². The predicted octanol–water partition coefficient (Wildman–Crippen LogP) is 1.79. The van der Waals surface area contributed by atoms with Crippen LogP contribution in [0, 0.1) is 0 Å². The lowest BCUT2D eigenvalue weighted by atomic mass is 9.90. The van der Waals surface area contributed by atoms with Crippen LogP contribution in [0.5, 0.6) is 0 Å². The van der Waals surface area contributed by atoms with Gasteiger partial charge < -0.3 is 14.5 Å².